The number of hydrogen-bond acceptors (Lipinski definition) is 4. The summed E-state index contributed by atoms with van der Waals surface area (Å²) < 4.78 is 5.41. The summed E-state index contributed by atoms with van der Waals surface area (Å²) >= 11 is 1.58. The molecule has 1 heterocycles. The number of aromatic nitrogens is 1. The molecule has 0 saturated heterocycles. The van der Waals surface area contributed by atoms with Crippen LogP contribution in [0.4, 0.5) is 0 Å². The lowest BCUT2D eigenvalue weighted by atomic mass is 9.76. The van der Waals surface area contributed by atoms with Gasteiger partial charge in [-0.15, -0.1) is 11.3 Å². The highest BCUT2D eigenvalue weighted by atomic mass is 32.1. The van der Waals surface area contributed by atoms with E-state index in [0.717, 1.165) is 30.0 Å². The third-order valence-electron chi connectivity index (χ3n) is 3.69. The van der Waals surface area contributed by atoms with Crippen molar-refractivity contribution in [1.29, 1.82) is 0 Å². The molecule has 0 amide bonds. The number of carbonyl (C=O) groups excluding carboxylic acids is 1. The van der Waals surface area contributed by atoms with Crippen LogP contribution >= 0.6 is 11.3 Å². The zero-order valence-electron chi connectivity index (χ0n) is 11.6. The van der Waals surface area contributed by atoms with Crippen LogP contribution in [0.3, 0.4) is 0 Å². The van der Waals surface area contributed by atoms with E-state index in [0.29, 0.717) is 6.42 Å². The van der Waals surface area contributed by atoms with Gasteiger partial charge in [-0.3, -0.25) is 4.79 Å². The molecular weight excluding hydrogens is 246 g/mol. The Hall–Kier alpha value is -0.740. The Balaban J connectivity index is 2.06. The molecule has 1 aliphatic carbocycles. The Morgan fingerprint density at radius 3 is 2.56 bits per heavy atom. The molecule has 0 unspecified atom stereocenters. The zero-order chi connectivity index (χ0) is 13.4. The first kappa shape index (κ1) is 13.7. The lowest BCUT2D eigenvalue weighted by Gasteiger charge is -2.38. The van der Waals surface area contributed by atoms with Crippen LogP contribution in [-0.2, 0) is 21.4 Å². The van der Waals surface area contributed by atoms with Crippen molar-refractivity contribution in [1.82, 2.24) is 4.98 Å². The van der Waals surface area contributed by atoms with Crippen molar-refractivity contribution in [3.63, 3.8) is 0 Å². The molecule has 0 radical (unpaired) electrons. The molecule has 1 saturated carbocycles. The van der Waals surface area contributed by atoms with Gasteiger partial charge in [0.1, 0.15) is 10.6 Å². The minimum absolute atomic E-state index is 0.0488. The van der Waals surface area contributed by atoms with E-state index in [2.05, 4.69) is 31.1 Å². The minimum atomic E-state index is -0.506. The van der Waals surface area contributed by atoms with Crippen LogP contribution in [0.1, 0.15) is 50.7 Å². The van der Waals surface area contributed by atoms with Crippen molar-refractivity contribution in [2.75, 3.05) is 7.11 Å². The second kappa shape index (κ2) is 4.74. The summed E-state index contributed by atoms with van der Waals surface area (Å²) in [5.41, 5.74) is 0.608. The average molecular weight is 267 g/mol. The summed E-state index contributed by atoms with van der Waals surface area (Å²) in [6.07, 6.45) is 3.22. The summed E-state index contributed by atoms with van der Waals surface area (Å²) in [4.78, 5) is 16.8. The van der Waals surface area contributed by atoms with Gasteiger partial charge in [-0.25, -0.2) is 4.98 Å². The van der Waals surface area contributed by atoms with Crippen molar-refractivity contribution in [2.45, 2.75) is 57.5 Å². The maximum atomic E-state index is 12.2. The quantitative estimate of drug-likeness (QED) is 0.841. The molecule has 0 atom stereocenters. The van der Waals surface area contributed by atoms with Crippen LogP contribution in [0.15, 0.2) is 5.38 Å². The standard InChI is InChI=1S/C14H21NO2S/c1-13(2,3)10-9-18-12(15-10)8-11(16)14(17-4)6-5-7-14/h9H,5-8H2,1-4H3. The van der Waals surface area contributed by atoms with E-state index >= 15 is 0 Å². The summed E-state index contributed by atoms with van der Waals surface area (Å²) in [5, 5.41) is 2.97. The third-order valence-corrected chi connectivity index (χ3v) is 4.54. The summed E-state index contributed by atoms with van der Waals surface area (Å²) in [5.74, 6) is 0.186. The minimum Gasteiger partial charge on any atom is -0.370 e. The predicted molar refractivity (Wildman–Crippen MR) is 73.1 cm³/mol. The first-order valence-electron chi connectivity index (χ1n) is 6.41. The number of ketones is 1. The Morgan fingerprint density at radius 2 is 2.17 bits per heavy atom. The van der Waals surface area contributed by atoms with Gasteiger partial charge < -0.3 is 4.74 Å². The number of methoxy groups -OCH3 is 1. The van der Waals surface area contributed by atoms with Crippen molar-refractivity contribution in [2.24, 2.45) is 0 Å². The van der Waals surface area contributed by atoms with Gasteiger partial charge in [-0.05, 0) is 19.3 Å². The molecule has 1 aromatic heterocycles. The highest BCUT2D eigenvalue weighted by molar-refractivity contribution is 7.09. The van der Waals surface area contributed by atoms with Gasteiger partial charge in [0.05, 0.1) is 12.1 Å². The molecule has 1 fully saturated rings. The predicted octanol–water partition coefficient (Wildman–Crippen LogP) is 3.12. The summed E-state index contributed by atoms with van der Waals surface area (Å²) in [7, 11) is 1.64. The number of nitrogens with zero attached hydrogens (tertiary/aromatic N) is 1. The van der Waals surface area contributed by atoms with Crippen molar-refractivity contribution in [3.8, 4) is 0 Å². The summed E-state index contributed by atoms with van der Waals surface area (Å²) in [6, 6.07) is 0. The molecule has 0 aliphatic heterocycles. The van der Waals surface area contributed by atoms with Crippen LogP contribution in [0.2, 0.25) is 0 Å². The Morgan fingerprint density at radius 1 is 1.50 bits per heavy atom. The van der Waals surface area contributed by atoms with Crippen LogP contribution in [0.5, 0.6) is 0 Å². The van der Waals surface area contributed by atoms with Gasteiger partial charge in [-0.1, -0.05) is 20.8 Å². The summed E-state index contributed by atoms with van der Waals surface area (Å²) in [6.45, 7) is 6.41. The van der Waals surface area contributed by atoms with E-state index in [1.165, 1.54) is 0 Å². The Labute approximate surface area is 113 Å². The van der Waals surface area contributed by atoms with E-state index in [-0.39, 0.29) is 11.2 Å². The number of rotatable bonds is 4. The SMILES string of the molecule is COC1(C(=O)Cc2nc(C(C)(C)C)cs2)CCC1. The first-order valence-corrected chi connectivity index (χ1v) is 7.29. The first-order chi connectivity index (χ1) is 8.37. The number of thiazole rings is 1. The fourth-order valence-electron chi connectivity index (χ4n) is 2.13. The number of ether oxygens (including phenoxy) is 1. The maximum absolute atomic E-state index is 12.2. The van der Waals surface area contributed by atoms with E-state index in [9.17, 15) is 4.79 Å². The van der Waals surface area contributed by atoms with Crippen LogP contribution < -0.4 is 0 Å². The van der Waals surface area contributed by atoms with Gasteiger partial charge in [-0.2, -0.15) is 0 Å². The molecule has 0 N–H and O–H groups in total. The van der Waals surface area contributed by atoms with E-state index in [1.807, 2.05) is 0 Å². The van der Waals surface area contributed by atoms with Gasteiger partial charge in [0.15, 0.2) is 5.78 Å². The molecule has 2 rings (SSSR count). The largest absolute Gasteiger partial charge is 0.370 e. The highest BCUT2D eigenvalue weighted by Gasteiger charge is 2.44. The second-order valence-electron chi connectivity index (χ2n) is 6.03. The van der Waals surface area contributed by atoms with Crippen LogP contribution in [0.25, 0.3) is 0 Å². The number of Topliss-reactive ketones (excluding diaryl/α,β-unsaturated/α-hetero) is 1. The van der Waals surface area contributed by atoms with Crippen molar-refractivity contribution >= 4 is 17.1 Å². The van der Waals surface area contributed by atoms with Gasteiger partial charge in [0.2, 0.25) is 0 Å². The van der Waals surface area contributed by atoms with E-state index in [4.69, 9.17) is 4.74 Å². The van der Waals surface area contributed by atoms with Gasteiger partial charge in [0, 0.05) is 17.9 Å². The maximum Gasteiger partial charge on any atom is 0.171 e. The molecule has 0 aromatic carbocycles. The number of hydrogen-bond donors (Lipinski definition) is 0. The van der Waals surface area contributed by atoms with Crippen molar-refractivity contribution in [3.05, 3.63) is 16.1 Å². The normalized spacial score (nSPS) is 18.4. The van der Waals surface area contributed by atoms with E-state index in [1.54, 1.807) is 18.4 Å². The Bertz CT molecular complexity index is 435. The number of carbonyl (C=O) groups is 1. The third kappa shape index (κ3) is 2.50. The molecule has 3 nitrogen and oxygen atoms in total. The molecule has 0 bridgehead atoms. The molecular formula is C14H21NO2S. The molecule has 1 aromatic rings. The van der Waals surface area contributed by atoms with Crippen LogP contribution in [0, 0.1) is 0 Å². The molecule has 100 valence electrons. The lowest BCUT2D eigenvalue weighted by molar-refractivity contribution is -0.151. The zero-order valence-corrected chi connectivity index (χ0v) is 12.4. The van der Waals surface area contributed by atoms with Gasteiger partial charge >= 0.3 is 0 Å². The average Bonchev–Trinajstić information content (AvgIpc) is 2.64. The van der Waals surface area contributed by atoms with E-state index < -0.39 is 5.60 Å². The molecule has 1 aliphatic rings. The monoisotopic (exact) mass is 267 g/mol. The van der Waals surface area contributed by atoms with Crippen molar-refractivity contribution < 1.29 is 9.53 Å². The fraction of sp³-hybridized carbons (Fsp3) is 0.714. The molecule has 18 heavy (non-hydrogen) atoms. The molecule has 4 heteroatoms. The fourth-order valence-corrected chi connectivity index (χ4v) is 3.15. The second-order valence-corrected chi connectivity index (χ2v) is 6.97. The van der Waals surface area contributed by atoms with Crippen LogP contribution in [-0.4, -0.2) is 23.5 Å². The smallest absolute Gasteiger partial charge is 0.171 e. The lowest BCUT2D eigenvalue weighted by Crippen LogP contribution is -2.47. The highest BCUT2D eigenvalue weighted by Crippen LogP contribution is 2.37. The van der Waals surface area contributed by atoms with Gasteiger partial charge in [0.25, 0.3) is 0 Å². The molecule has 0 spiro atoms. The topological polar surface area (TPSA) is 39.2 Å². The Kier molecular flexibility index (Phi) is 3.60.